The number of hydrogen-bond acceptors (Lipinski definition) is 5. The molecule has 1 N–H and O–H groups in total. The number of aliphatic hydroxyl groups is 1. The van der Waals surface area contributed by atoms with E-state index in [0.29, 0.717) is 0 Å². The number of hydrogen-bond donors (Lipinski definition) is 1. The molecule has 5 nitrogen and oxygen atoms in total. The minimum atomic E-state index is 0.0524. The van der Waals surface area contributed by atoms with Crippen LogP contribution in [0.1, 0.15) is 5.56 Å². The summed E-state index contributed by atoms with van der Waals surface area (Å²) in [6.45, 7) is 3.60. The Hall–Kier alpha value is -1.66. The molecule has 1 fully saturated rings. The van der Waals surface area contributed by atoms with Gasteiger partial charge >= 0.3 is 0 Å². The zero-order valence-corrected chi connectivity index (χ0v) is 13.2. The Morgan fingerprint density at radius 3 is 2.38 bits per heavy atom. The standard InChI is InChI=1S/C15H17BrN4O/c16-13-2-3-14(12(10-13)11-21)19-6-8-20(9-7-19)15-17-4-1-5-18-15/h1-5,10,21H,6-9,11H2. The summed E-state index contributed by atoms with van der Waals surface area (Å²) >= 11 is 3.45. The van der Waals surface area contributed by atoms with Crippen molar-refractivity contribution in [2.45, 2.75) is 6.61 Å². The zero-order chi connectivity index (χ0) is 14.7. The van der Waals surface area contributed by atoms with Crippen LogP contribution in [0.4, 0.5) is 11.6 Å². The number of rotatable bonds is 3. The second kappa shape index (κ2) is 6.41. The monoisotopic (exact) mass is 348 g/mol. The summed E-state index contributed by atoms with van der Waals surface area (Å²) in [5.74, 6) is 0.787. The first kappa shape index (κ1) is 14.3. The molecule has 0 amide bonds. The van der Waals surface area contributed by atoms with Crippen LogP contribution in [-0.4, -0.2) is 41.3 Å². The van der Waals surface area contributed by atoms with Crippen LogP contribution in [0.25, 0.3) is 0 Å². The highest BCUT2D eigenvalue weighted by molar-refractivity contribution is 9.10. The van der Waals surface area contributed by atoms with Gasteiger partial charge in [0.25, 0.3) is 0 Å². The molecule has 1 aromatic heterocycles. The van der Waals surface area contributed by atoms with Gasteiger partial charge in [-0.2, -0.15) is 0 Å². The topological polar surface area (TPSA) is 52.5 Å². The van der Waals surface area contributed by atoms with Crippen LogP contribution >= 0.6 is 15.9 Å². The van der Waals surface area contributed by atoms with Crippen LogP contribution in [0.5, 0.6) is 0 Å². The van der Waals surface area contributed by atoms with Gasteiger partial charge in [-0.3, -0.25) is 0 Å². The summed E-state index contributed by atoms with van der Waals surface area (Å²) in [5.41, 5.74) is 2.06. The number of aliphatic hydroxyl groups excluding tert-OH is 1. The lowest BCUT2D eigenvalue weighted by molar-refractivity contribution is 0.282. The van der Waals surface area contributed by atoms with E-state index in [4.69, 9.17) is 0 Å². The number of anilines is 2. The molecule has 0 spiro atoms. The third kappa shape index (κ3) is 3.16. The van der Waals surface area contributed by atoms with Crippen molar-refractivity contribution in [2.75, 3.05) is 36.0 Å². The van der Waals surface area contributed by atoms with Gasteiger partial charge in [-0.05, 0) is 24.3 Å². The molecule has 0 bridgehead atoms. The first-order valence-corrected chi connectivity index (χ1v) is 7.73. The molecule has 1 aliphatic heterocycles. The summed E-state index contributed by atoms with van der Waals surface area (Å²) < 4.78 is 0.992. The maximum atomic E-state index is 9.53. The van der Waals surface area contributed by atoms with E-state index in [9.17, 15) is 5.11 Å². The third-order valence-electron chi connectivity index (χ3n) is 3.67. The van der Waals surface area contributed by atoms with Gasteiger partial charge in [0.15, 0.2) is 0 Å². The van der Waals surface area contributed by atoms with Crippen LogP contribution in [0.15, 0.2) is 41.1 Å². The van der Waals surface area contributed by atoms with Crippen molar-refractivity contribution < 1.29 is 5.11 Å². The largest absolute Gasteiger partial charge is 0.392 e. The van der Waals surface area contributed by atoms with Crippen molar-refractivity contribution in [2.24, 2.45) is 0 Å². The molecule has 1 aliphatic rings. The van der Waals surface area contributed by atoms with Gasteiger partial charge in [0.1, 0.15) is 0 Å². The molecule has 110 valence electrons. The van der Waals surface area contributed by atoms with Crippen molar-refractivity contribution in [1.82, 2.24) is 9.97 Å². The van der Waals surface area contributed by atoms with Crippen LogP contribution in [0, 0.1) is 0 Å². The lowest BCUT2D eigenvalue weighted by Crippen LogP contribution is -2.47. The molecule has 6 heteroatoms. The Morgan fingerprint density at radius 2 is 1.71 bits per heavy atom. The molecule has 0 aliphatic carbocycles. The first-order valence-electron chi connectivity index (χ1n) is 6.94. The molecule has 0 unspecified atom stereocenters. The summed E-state index contributed by atoms with van der Waals surface area (Å²) in [4.78, 5) is 13.1. The predicted molar refractivity (Wildman–Crippen MR) is 86.5 cm³/mol. The quantitative estimate of drug-likeness (QED) is 0.919. The predicted octanol–water partition coefficient (Wildman–Crippen LogP) is 2.06. The number of piperazine rings is 1. The van der Waals surface area contributed by atoms with E-state index in [1.165, 1.54) is 0 Å². The van der Waals surface area contributed by atoms with Gasteiger partial charge in [-0.1, -0.05) is 15.9 Å². The highest BCUT2D eigenvalue weighted by atomic mass is 79.9. The number of aromatic nitrogens is 2. The normalized spacial score (nSPS) is 15.3. The number of benzene rings is 1. The first-order chi connectivity index (χ1) is 10.3. The van der Waals surface area contributed by atoms with E-state index < -0.39 is 0 Å². The Bertz CT molecular complexity index is 600. The molecule has 0 saturated carbocycles. The SMILES string of the molecule is OCc1cc(Br)ccc1N1CCN(c2ncccn2)CC1. The molecule has 0 radical (unpaired) electrons. The third-order valence-corrected chi connectivity index (χ3v) is 4.16. The molecule has 2 heterocycles. The highest BCUT2D eigenvalue weighted by Gasteiger charge is 2.20. The second-order valence-electron chi connectivity index (χ2n) is 4.95. The second-order valence-corrected chi connectivity index (χ2v) is 5.87. The molecule has 2 aromatic rings. The van der Waals surface area contributed by atoms with Gasteiger partial charge in [0.2, 0.25) is 5.95 Å². The van der Waals surface area contributed by atoms with Gasteiger partial charge in [-0.25, -0.2) is 9.97 Å². The Labute approximate surface area is 132 Å². The van der Waals surface area contributed by atoms with E-state index >= 15 is 0 Å². The molecule has 21 heavy (non-hydrogen) atoms. The van der Waals surface area contributed by atoms with Crippen molar-refractivity contribution in [3.8, 4) is 0 Å². The minimum absolute atomic E-state index is 0.0524. The fourth-order valence-electron chi connectivity index (χ4n) is 2.59. The molecule has 1 aromatic carbocycles. The minimum Gasteiger partial charge on any atom is -0.392 e. The van der Waals surface area contributed by atoms with Crippen molar-refractivity contribution >= 4 is 27.6 Å². The Balaban J connectivity index is 1.71. The smallest absolute Gasteiger partial charge is 0.225 e. The van der Waals surface area contributed by atoms with Crippen molar-refractivity contribution in [3.05, 3.63) is 46.7 Å². The highest BCUT2D eigenvalue weighted by Crippen LogP contribution is 2.26. The lowest BCUT2D eigenvalue weighted by Gasteiger charge is -2.36. The Kier molecular flexibility index (Phi) is 4.36. The van der Waals surface area contributed by atoms with Gasteiger partial charge in [0, 0.05) is 54.3 Å². The summed E-state index contributed by atoms with van der Waals surface area (Å²) in [7, 11) is 0. The zero-order valence-electron chi connectivity index (χ0n) is 11.6. The Morgan fingerprint density at radius 1 is 1.05 bits per heavy atom. The summed E-state index contributed by atoms with van der Waals surface area (Å²) in [6.07, 6.45) is 3.54. The maximum absolute atomic E-state index is 9.53. The molecule has 1 saturated heterocycles. The molecule has 0 atom stereocenters. The molecule has 3 rings (SSSR count). The van der Waals surface area contributed by atoms with Crippen LogP contribution in [-0.2, 0) is 6.61 Å². The van der Waals surface area contributed by atoms with Crippen molar-refractivity contribution in [1.29, 1.82) is 0 Å². The van der Waals surface area contributed by atoms with E-state index in [-0.39, 0.29) is 6.61 Å². The summed E-state index contributed by atoms with van der Waals surface area (Å²) in [6, 6.07) is 7.88. The fourth-order valence-corrected chi connectivity index (χ4v) is 3.00. The van der Waals surface area contributed by atoms with Crippen LogP contribution < -0.4 is 9.80 Å². The average molecular weight is 349 g/mol. The van der Waals surface area contributed by atoms with Crippen molar-refractivity contribution in [3.63, 3.8) is 0 Å². The van der Waals surface area contributed by atoms with Gasteiger partial charge < -0.3 is 14.9 Å². The number of nitrogens with zero attached hydrogens (tertiary/aromatic N) is 4. The fraction of sp³-hybridized carbons (Fsp3) is 0.333. The van der Waals surface area contributed by atoms with Crippen LogP contribution in [0.3, 0.4) is 0 Å². The lowest BCUT2D eigenvalue weighted by atomic mass is 10.1. The van der Waals surface area contributed by atoms with E-state index in [0.717, 1.165) is 47.9 Å². The van der Waals surface area contributed by atoms with E-state index in [1.807, 2.05) is 18.2 Å². The van der Waals surface area contributed by atoms with E-state index in [2.05, 4.69) is 41.8 Å². The average Bonchev–Trinajstić information content (AvgIpc) is 2.56. The maximum Gasteiger partial charge on any atom is 0.225 e. The summed E-state index contributed by atoms with van der Waals surface area (Å²) in [5, 5.41) is 9.53. The molecular weight excluding hydrogens is 332 g/mol. The van der Waals surface area contributed by atoms with Gasteiger partial charge in [0.05, 0.1) is 6.61 Å². The number of halogens is 1. The van der Waals surface area contributed by atoms with Gasteiger partial charge in [-0.15, -0.1) is 0 Å². The van der Waals surface area contributed by atoms with Crippen LogP contribution in [0.2, 0.25) is 0 Å². The van der Waals surface area contributed by atoms with E-state index in [1.54, 1.807) is 12.4 Å². The molecular formula is C15H17BrN4O.